The number of carbonyl (C=O) groups excluding carboxylic acids is 1. The first-order chi connectivity index (χ1) is 19.4. The zero-order valence-electron chi connectivity index (χ0n) is 22.2. The van der Waals surface area contributed by atoms with Crippen LogP contribution in [-0.2, 0) is 13.2 Å². The van der Waals surface area contributed by atoms with Crippen molar-refractivity contribution in [2.45, 2.75) is 33.0 Å². The Labute approximate surface area is 237 Å². The second-order valence-electron chi connectivity index (χ2n) is 10.1. The molecular weight excluding hydrogens is 522 g/mol. The van der Waals surface area contributed by atoms with E-state index in [9.17, 15) is 9.90 Å². The standard InChI is InChI=1S/C33H28ClN3O3/c1-20-8-10-22(11-9-20)18-37-32(24-12-14-25(15-13-24)40-19-23-6-4-3-5-7-23)29-30(35-36-31(29)33(37)39)26-17-27(34)21(2)16-28(26)38/h3-17,32,38H,18-19H2,1-2H3,(H,35,36). The molecule has 1 aliphatic rings. The third-order valence-electron chi connectivity index (χ3n) is 7.31. The predicted molar refractivity (Wildman–Crippen MR) is 156 cm³/mol. The van der Waals surface area contributed by atoms with Gasteiger partial charge < -0.3 is 14.7 Å². The molecule has 2 heterocycles. The average molecular weight is 550 g/mol. The molecule has 1 atom stereocenters. The van der Waals surface area contributed by atoms with Gasteiger partial charge in [0.2, 0.25) is 0 Å². The van der Waals surface area contributed by atoms with E-state index in [0.29, 0.717) is 40.7 Å². The van der Waals surface area contributed by atoms with Crippen LogP contribution < -0.4 is 4.74 Å². The van der Waals surface area contributed by atoms with Crippen LogP contribution in [0.15, 0.2) is 91.0 Å². The summed E-state index contributed by atoms with van der Waals surface area (Å²) in [6.07, 6.45) is 0. The molecule has 0 spiro atoms. The van der Waals surface area contributed by atoms with E-state index < -0.39 is 6.04 Å². The number of carbonyl (C=O) groups is 1. The van der Waals surface area contributed by atoms with Gasteiger partial charge in [0.25, 0.3) is 5.91 Å². The molecule has 5 aromatic rings. The monoisotopic (exact) mass is 549 g/mol. The number of aromatic amines is 1. The van der Waals surface area contributed by atoms with Crippen molar-refractivity contribution in [1.29, 1.82) is 0 Å². The maximum Gasteiger partial charge on any atom is 0.273 e. The van der Waals surface area contributed by atoms with Crippen molar-refractivity contribution in [3.05, 3.63) is 135 Å². The van der Waals surface area contributed by atoms with E-state index >= 15 is 0 Å². The molecule has 0 bridgehead atoms. The molecule has 200 valence electrons. The van der Waals surface area contributed by atoms with Gasteiger partial charge in [-0.3, -0.25) is 9.89 Å². The van der Waals surface area contributed by atoms with Gasteiger partial charge in [-0.1, -0.05) is 83.9 Å². The number of aryl methyl sites for hydroxylation is 2. The molecule has 0 radical (unpaired) electrons. The lowest BCUT2D eigenvalue weighted by Gasteiger charge is -2.27. The van der Waals surface area contributed by atoms with Crippen molar-refractivity contribution in [1.82, 2.24) is 15.1 Å². The summed E-state index contributed by atoms with van der Waals surface area (Å²) >= 11 is 6.44. The highest BCUT2D eigenvalue weighted by atomic mass is 35.5. The molecule has 6 rings (SSSR count). The highest BCUT2D eigenvalue weighted by Gasteiger charge is 2.42. The molecule has 1 amide bonds. The number of amides is 1. The number of benzene rings is 4. The Balaban J connectivity index is 1.39. The van der Waals surface area contributed by atoms with Gasteiger partial charge in [-0.15, -0.1) is 0 Å². The van der Waals surface area contributed by atoms with Crippen LogP contribution in [0.5, 0.6) is 11.5 Å². The number of ether oxygens (including phenoxy) is 1. The normalized spacial score (nSPS) is 14.4. The van der Waals surface area contributed by atoms with Crippen LogP contribution in [0.3, 0.4) is 0 Å². The summed E-state index contributed by atoms with van der Waals surface area (Å²) in [6.45, 7) is 4.75. The van der Waals surface area contributed by atoms with Crippen LogP contribution >= 0.6 is 11.6 Å². The van der Waals surface area contributed by atoms with Crippen molar-refractivity contribution in [3.63, 3.8) is 0 Å². The smallest absolute Gasteiger partial charge is 0.273 e. The molecule has 6 nitrogen and oxygen atoms in total. The van der Waals surface area contributed by atoms with Gasteiger partial charge in [0, 0.05) is 22.7 Å². The van der Waals surface area contributed by atoms with Gasteiger partial charge in [0.05, 0.1) is 6.04 Å². The van der Waals surface area contributed by atoms with Gasteiger partial charge in [0.1, 0.15) is 29.5 Å². The summed E-state index contributed by atoms with van der Waals surface area (Å²) in [4.78, 5) is 15.6. The van der Waals surface area contributed by atoms with Crippen LogP contribution in [-0.4, -0.2) is 26.1 Å². The number of hydrogen-bond donors (Lipinski definition) is 2. The lowest BCUT2D eigenvalue weighted by molar-refractivity contribution is 0.0730. The maximum atomic E-state index is 13.8. The van der Waals surface area contributed by atoms with E-state index in [1.165, 1.54) is 0 Å². The van der Waals surface area contributed by atoms with Crippen LogP contribution in [0.2, 0.25) is 5.02 Å². The lowest BCUT2D eigenvalue weighted by Crippen LogP contribution is -2.29. The first kappa shape index (κ1) is 25.7. The predicted octanol–water partition coefficient (Wildman–Crippen LogP) is 7.38. The molecular formula is C33H28ClN3O3. The quantitative estimate of drug-likeness (QED) is 0.222. The highest BCUT2D eigenvalue weighted by molar-refractivity contribution is 6.31. The Morgan fingerprint density at radius 1 is 0.950 bits per heavy atom. The van der Waals surface area contributed by atoms with Gasteiger partial charge in [-0.2, -0.15) is 5.10 Å². The molecule has 4 aromatic carbocycles. The third-order valence-corrected chi connectivity index (χ3v) is 7.72. The Bertz CT molecular complexity index is 1680. The minimum atomic E-state index is -0.430. The number of halogens is 1. The minimum absolute atomic E-state index is 0.0593. The number of H-pyrrole nitrogens is 1. The topological polar surface area (TPSA) is 78.5 Å². The molecule has 0 fully saturated rings. The maximum absolute atomic E-state index is 13.8. The highest BCUT2D eigenvalue weighted by Crippen LogP contribution is 2.46. The first-order valence-electron chi connectivity index (χ1n) is 13.1. The summed E-state index contributed by atoms with van der Waals surface area (Å²) in [5.74, 6) is 0.642. The van der Waals surface area contributed by atoms with Crippen LogP contribution in [0, 0.1) is 13.8 Å². The first-order valence-corrected chi connectivity index (χ1v) is 13.5. The second kappa shape index (κ2) is 10.5. The fourth-order valence-corrected chi connectivity index (χ4v) is 5.31. The number of aromatic nitrogens is 2. The zero-order chi connectivity index (χ0) is 27.8. The number of phenols is 1. The summed E-state index contributed by atoms with van der Waals surface area (Å²) < 4.78 is 6.01. The molecule has 0 aliphatic carbocycles. The van der Waals surface area contributed by atoms with E-state index in [1.807, 2.05) is 97.6 Å². The molecule has 7 heteroatoms. The van der Waals surface area contributed by atoms with Crippen molar-refractivity contribution >= 4 is 17.5 Å². The molecule has 0 saturated heterocycles. The second-order valence-corrected chi connectivity index (χ2v) is 10.6. The van der Waals surface area contributed by atoms with Crippen molar-refractivity contribution in [2.24, 2.45) is 0 Å². The van der Waals surface area contributed by atoms with Crippen molar-refractivity contribution < 1.29 is 14.6 Å². The Morgan fingerprint density at radius 2 is 1.68 bits per heavy atom. The van der Waals surface area contributed by atoms with E-state index in [2.05, 4.69) is 10.2 Å². The van der Waals surface area contributed by atoms with E-state index in [-0.39, 0.29) is 11.7 Å². The van der Waals surface area contributed by atoms with E-state index in [0.717, 1.165) is 33.6 Å². The van der Waals surface area contributed by atoms with Crippen LogP contribution in [0.25, 0.3) is 11.3 Å². The molecule has 1 aliphatic heterocycles. The molecule has 1 unspecified atom stereocenters. The van der Waals surface area contributed by atoms with Crippen LogP contribution in [0.1, 0.15) is 49.9 Å². The summed E-state index contributed by atoms with van der Waals surface area (Å²) in [5, 5.41) is 18.8. The fraction of sp³-hybridized carbons (Fsp3) is 0.152. The SMILES string of the molecule is Cc1ccc(CN2C(=O)c3[nH]nc(-c4cc(Cl)c(C)cc4O)c3C2c2ccc(OCc3ccccc3)cc2)cc1. The number of nitrogens with one attached hydrogen (secondary N) is 1. The summed E-state index contributed by atoms with van der Waals surface area (Å²) in [6, 6.07) is 28.9. The van der Waals surface area contributed by atoms with Crippen LogP contribution in [0.4, 0.5) is 0 Å². The third kappa shape index (κ3) is 4.82. The number of nitrogens with zero attached hydrogens (tertiary/aromatic N) is 2. The van der Waals surface area contributed by atoms with E-state index in [1.54, 1.807) is 12.1 Å². The largest absolute Gasteiger partial charge is 0.507 e. The van der Waals surface area contributed by atoms with Crippen molar-refractivity contribution in [2.75, 3.05) is 0 Å². The zero-order valence-corrected chi connectivity index (χ0v) is 22.9. The molecule has 2 N–H and O–H groups in total. The number of fused-ring (bicyclic) bond motifs is 1. The Kier molecular flexibility index (Phi) is 6.78. The van der Waals surface area contributed by atoms with Gasteiger partial charge in [-0.05, 0) is 60.4 Å². The lowest BCUT2D eigenvalue weighted by atomic mass is 9.95. The Hall–Kier alpha value is -4.55. The summed E-state index contributed by atoms with van der Waals surface area (Å²) in [5.41, 5.74) is 7.03. The molecule has 1 aromatic heterocycles. The van der Waals surface area contributed by atoms with Gasteiger partial charge in [0.15, 0.2) is 0 Å². The average Bonchev–Trinajstić information content (AvgIpc) is 3.50. The van der Waals surface area contributed by atoms with Crippen molar-refractivity contribution in [3.8, 4) is 22.8 Å². The number of aromatic hydroxyl groups is 1. The van der Waals surface area contributed by atoms with Gasteiger partial charge in [-0.25, -0.2) is 0 Å². The number of phenolic OH excluding ortho intramolecular Hbond substituents is 1. The molecule has 40 heavy (non-hydrogen) atoms. The van der Waals surface area contributed by atoms with E-state index in [4.69, 9.17) is 16.3 Å². The Morgan fingerprint density at radius 3 is 2.40 bits per heavy atom. The fourth-order valence-electron chi connectivity index (χ4n) is 5.14. The summed E-state index contributed by atoms with van der Waals surface area (Å²) in [7, 11) is 0. The molecule has 0 saturated carbocycles. The number of hydrogen-bond acceptors (Lipinski definition) is 4. The number of rotatable bonds is 7. The van der Waals surface area contributed by atoms with Gasteiger partial charge >= 0.3 is 0 Å². The minimum Gasteiger partial charge on any atom is -0.507 e.